The molecule has 0 bridgehead atoms. The number of nitrogens with one attached hydrogen (secondary N) is 1. The van der Waals surface area contributed by atoms with E-state index in [9.17, 15) is 8.42 Å². The summed E-state index contributed by atoms with van der Waals surface area (Å²) in [4.78, 5) is 0.104. The van der Waals surface area contributed by atoms with Gasteiger partial charge in [-0.3, -0.25) is 0 Å². The molecule has 0 saturated carbocycles. The Morgan fingerprint density at radius 2 is 2.14 bits per heavy atom. The van der Waals surface area contributed by atoms with Gasteiger partial charge < -0.3 is 10.1 Å². The second kappa shape index (κ2) is 6.64. The third kappa shape index (κ3) is 4.42. The predicted octanol–water partition coefficient (Wildman–Crippen LogP) is 2.71. The van der Waals surface area contributed by atoms with Crippen molar-refractivity contribution in [2.24, 2.45) is 11.1 Å². The monoisotopic (exact) mass is 376 g/mol. The molecule has 2 atom stereocenters. The number of sulfonamides is 1. The van der Waals surface area contributed by atoms with Crippen LogP contribution in [0, 0.1) is 5.92 Å². The third-order valence-electron chi connectivity index (χ3n) is 3.69. The van der Waals surface area contributed by atoms with Crippen LogP contribution in [0.15, 0.2) is 27.6 Å². The maximum Gasteiger partial charge on any atom is 0.238 e. The van der Waals surface area contributed by atoms with Crippen molar-refractivity contribution in [3.63, 3.8) is 0 Å². The molecule has 0 spiro atoms. The summed E-state index contributed by atoms with van der Waals surface area (Å²) in [7, 11) is -3.67. The number of primary sulfonamides is 1. The summed E-state index contributed by atoms with van der Waals surface area (Å²) in [5.41, 5.74) is 0.872. The van der Waals surface area contributed by atoms with Gasteiger partial charge in [0.15, 0.2) is 0 Å². The Labute approximate surface area is 134 Å². The van der Waals surface area contributed by atoms with Gasteiger partial charge in [0, 0.05) is 22.8 Å². The average Bonchev–Trinajstić information content (AvgIpc) is 2.40. The average molecular weight is 377 g/mol. The highest BCUT2D eigenvalue weighted by Crippen LogP contribution is 2.29. The lowest BCUT2D eigenvalue weighted by atomic mass is 9.95. The Morgan fingerprint density at radius 1 is 1.43 bits per heavy atom. The summed E-state index contributed by atoms with van der Waals surface area (Å²) in [5, 5.41) is 8.58. The molecule has 1 saturated heterocycles. The van der Waals surface area contributed by atoms with E-state index in [1.165, 1.54) is 12.1 Å². The van der Waals surface area contributed by atoms with Crippen LogP contribution in [0.2, 0.25) is 0 Å². The van der Waals surface area contributed by atoms with Crippen LogP contribution in [-0.2, 0) is 14.8 Å². The van der Waals surface area contributed by atoms with Crippen LogP contribution in [0.3, 0.4) is 0 Å². The van der Waals surface area contributed by atoms with Crippen LogP contribution in [0.4, 0.5) is 5.69 Å². The minimum Gasteiger partial charge on any atom is -0.381 e. The minimum absolute atomic E-state index is 0.104. The van der Waals surface area contributed by atoms with Crippen molar-refractivity contribution < 1.29 is 13.2 Å². The summed E-state index contributed by atoms with van der Waals surface area (Å²) in [6, 6.07) is 5.10. The summed E-state index contributed by atoms with van der Waals surface area (Å²) in [6.07, 6.45) is 2.15. The molecule has 1 aliphatic heterocycles. The van der Waals surface area contributed by atoms with Gasteiger partial charge >= 0.3 is 0 Å². The largest absolute Gasteiger partial charge is 0.381 e. The van der Waals surface area contributed by atoms with Gasteiger partial charge in [-0.25, -0.2) is 13.6 Å². The number of rotatable bonds is 4. The highest BCUT2D eigenvalue weighted by Gasteiger charge is 2.25. The fourth-order valence-corrected chi connectivity index (χ4v) is 3.62. The van der Waals surface area contributed by atoms with Crippen molar-refractivity contribution in [3.8, 4) is 0 Å². The predicted molar refractivity (Wildman–Crippen MR) is 86.7 cm³/mol. The molecule has 0 aliphatic carbocycles. The second-order valence-corrected chi connectivity index (χ2v) is 8.12. The topological polar surface area (TPSA) is 81.4 Å². The molecule has 0 amide bonds. The summed E-state index contributed by atoms with van der Waals surface area (Å²) in [5.74, 6) is 0.489. The van der Waals surface area contributed by atoms with E-state index in [2.05, 4.69) is 35.1 Å². The van der Waals surface area contributed by atoms with Gasteiger partial charge in [-0.15, -0.1) is 0 Å². The van der Waals surface area contributed by atoms with E-state index in [-0.39, 0.29) is 11.0 Å². The van der Waals surface area contributed by atoms with E-state index in [1.807, 2.05) is 0 Å². The Balaban J connectivity index is 2.09. The standard InChI is InChI=1S/C14H21BrN2O3S/c1-9(2)14-7-10(5-6-20-14)17-13-4-3-11(8-12(13)15)21(16,18)19/h3-4,8-10,14,17H,5-7H2,1-2H3,(H2,16,18,19). The van der Waals surface area contributed by atoms with Crippen molar-refractivity contribution in [2.45, 2.75) is 43.7 Å². The zero-order valence-corrected chi connectivity index (χ0v) is 14.6. The van der Waals surface area contributed by atoms with E-state index < -0.39 is 10.0 Å². The number of hydrogen-bond donors (Lipinski definition) is 2. The van der Waals surface area contributed by atoms with Crippen LogP contribution in [-0.4, -0.2) is 27.2 Å². The lowest BCUT2D eigenvalue weighted by Crippen LogP contribution is -2.36. The molecular formula is C14H21BrN2O3S. The van der Waals surface area contributed by atoms with Crippen molar-refractivity contribution in [1.29, 1.82) is 0 Å². The first-order chi connectivity index (χ1) is 9.77. The molecule has 5 nitrogen and oxygen atoms in total. The first-order valence-corrected chi connectivity index (χ1v) is 9.32. The molecule has 0 radical (unpaired) electrons. The highest BCUT2D eigenvalue weighted by molar-refractivity contribution is 9.10. The molecule has 1 aromatic rings. The van der Waals surface area contributed by atoms with E-state index in [1.54, 1.807) is 6.07 Å². The van der Waals surface area contributed by atoms with E-state index >= 15 is 0 Å². The summed E-state index contributed by atoms with van der Waals surface area (Å²) >= 11 is 3.40. The van der Waals surface area contributed by atoms with Gasteiger partial charge in [0.2, 0.25) is 10.0 Å². The molecule has 118 valence electrons. The van der Waals surface area contributed by atoms with Crippen LogP contribution in [0.1, 0.15) is 26.7 Å². The first-order valence-electron chi connectivity index (χ1n) is 6.98. The highest BCUT2D eigenvalue weighted by atomic mass is 79.9. The SMILES string of the molecule is CC(C)C1CC(Nc2ccc(S(N)(=O)=O)cc2Br)CCO1. The van der Waals surface area contributed by atoms with Gasteiger partial charge in [-0.2, -0.15) is 0 Å². The Hall–Kier alpha value is -0.630. The third-order valence-corrected chi connectivity index (χ3v) is 5.25. The number of hydrogen-bond acceptors (Lipinski definition) is 4. The smallest absolute Gasteiger partial charge is 0.238 e. The molecule has 1 aromatic carbocycles. The van der Waals surface area contributed by atoms with Crippen molar-refractivity contribution >= 4 is 31.6 Å². The van der Waals surface area contributed by atoms with Crippen LogP contribution in [0.5, 0.6) is 0 Å². The van der Waals surface area contributed by atoms with Gasteiger partial charge in [0.1, 0.15) is 0 Å². The molecule has 1 aliphatic rings. The molecule has 0 aromatic heterocycles. The minimum atomic E-state index is -3.67. The summed E-state index contributed by atoms with van der Waals surface area (Å²) in [6.45, 7) is 5.06. The number of anilines is 1. The van der Waals surface area contributed by atoms with Gasteiger partial charge in [-0.1, -0.05) is 13.8 Å². The molecule has 1 fully saturated rings. The fraction of sp³-hybridized carbons (Fsp3) is 0.571. The van der Waals surface area contributed by atoms with Crippen molar-refractivity contribution in [1.82, 2.24) is 0 Å². The maximum absolute atomic E-state index is 11.3. The molecule has 2 rings (SSSR count). The molecule has 2 unspecified atom stereocenters. The van der Waals surface area contributed by atoms with Gasteiger partial charge in [0.05, 0.1) is 11.0 Å². The Bertz CT molecular complexity index is 604. The lowest BCUT2D eigenvalue weighted by molar-refractivity contribution is -0.0160. The van der Waals surface area contributed by atoms with Crippen LogP contribution in [0.25, 0.3) is 0 Å². The number of ether oxygens (including phenoxy) is 1. The van der Waals surface area contributed by atoms with E-state index in [4.69, 9.17) is 9.88 Å². The molecule has 21 heavy (non-hydrogen) atoms. The zero-order valence-electron chi connectivity index (χ0n) is 12.2. The van der Waals surface area contributed by atoms with Crippen molar-refractivity contribution in [3.05, 3.63) is 22.7 Å². The second-order valence-electron chi connectivity index (χ2n) is 5.71. The van der Waals surface area contributed by atoms with Crippen LogP contribution >= 0.6 is 15.9 Å². The van der Waals surface area contributed by atoms with Gasteiger partial charge in [-0.05, 0) is 52.9 Å². The normalized spacial score (nSPS) is 23.3. The Kier molecular flexibility index (Phi) is 5.29. The quantitative estimate of drug-likeness (QED) is 0.846. The lowest BCUT2D eigenvalue weighted by Gasteiger charge is -2.33. The fourth-order valence-electron chi connectivity index (χ4n) is 2.43. The molecule has 7 heteroatoms. The first kappa shape index (κ1) is 16.7. The molecule has 1 heterocycles. The maximum atomic E-state index is 11.3. The van der Waals surface area contributed by atoms with Crippen LogP contribution < -0.4 is 10.5 Å². The zero-order chi connectivity index (χ0) is 15.6. The summed E-state index contributed by atoms with van der Waals surface area (Å²) < 4.78 is 29.1. The number of halogens is 1. The molecule has 3 N–H and O–H groups in total. The number of nitrogens with two attached hydrogens (primary N) is 1. The Morgan fingerprint density at radius 3 is 2.71 bits per heavy atom. The van der Waals surface area contributed by atoms with E-state index in [0.29, 0.717) is 16.4 Å². The molecular weight excluding hydrogens is 356 g/mol. The van der Waals surface area contributed by atoms with E-state index in [0.717, 1.165) is 25.1 Å². The van der Waals surface area contributed by atoms with Crippen molar-refractivity contribution in [2.75, 3.05) is 11.9 Å². The van der Waals surface area contributed by atoms with Gasteiger partial charge in [0.25, 0.3) is 0 Å². The number of benzene rings is 1.